The molecular weight excluding hydrogens is 285 g/mol. The zero-order valence-electron chi connectivity index (χ0n) is 11.2. The number of rotatable bonds is 6. The van der Waals surface area contributed by atoms with Gasteiger partial charge >= 0.3 is 0 Å². The van der Waals surface area contributed by atoms with Gasteiger partial charge in [0.1, 0.15) is 0 Å². The van der Waals surface area contributed by atoms with E-state index in [0.717, 1.165) is 12.8 Å². The summed E-state index contributed by atoms with van der Waals surface area (Å²) in [5.74, 6) is -0.232. The lowest BCUT2D eigenvalue weighted by molar-refractivity contribution is 0.0933. The molecule has 5 heteroatoms. The molecule has 0 aromatic heterocycles. The van der Waals surface area contributed by atoms with Gasteiger partial charge in [0.25, 0.3) is 5.91 Å². The van der Waals surface area contributed by atoms with Gasteiger partial charge in [-0.1, -0.05) is 37.0 Å². The van der Waals surface area contributed by atoms with Crippen LogP contribution in [0.5, 0.6) is 0 Å². The van der Waals surface area contributed by atoms with Crippen LogP contribution in [0.15, 0.2) is 18.2 Å². The monoisotopic (exact) mass is 303 g/mol. The average molecular weight is 304 g/mol. The average Bonchev–Trinajstić information content (AvgIpc) is 2.36. The van der Waals surface area contributed by atoms with E-state index in [4.69, 9.17) is 28.3 Å². The van der Waals surface area contributed by atoms with Crippen LogP contribution in [0.3, 0.4) is 0 Å². The molecule has 106 valence electrons. The van der Waals surface area contributed by atoms with Crippen molar-refractivity contribution in [1.29, 1.82) is 0 Å². The molecule has 0 bridgehead atoms. The second kappa shape index (κ2) is 7.13. The summed E-state index contributed by atoms with van der Waals surface area (Å²) in [4.78, 5) is 12.0. The van der Waals surface area contributed by atoms with E-state index < -0.39 is 0 Å². The smallest absolute Gasteiger partial charge is 0.252 e. The minimum atomic E-state index is -0.232. The Labute approximate surface area is 123 Å². The van der Waals surface area contributed by atoms with E-state index in [9.17, 15) is 4.79 Å². The van der Waals surface area contributed by atoms with E-state index in [0.29, 0.717) is 22.2 Å². The molecule has 0 unspecified atom stereocenters. The Hall–Kier alpha value is -0.770. The molecule has 0 fully saturated rings. The molecule has 0 saturated heterocycles. The SMILES string of the molecule is CC(C)(CCCO)CNC(=O)c1cc(Cl)ccc1Cl. The lowest BCUT2D eigenvalue weighted by Gasteiger charge is -2.24. The molecule has 1 aromatic carbocycles. The Kier molecular flexibility index (Phi) is 6.11. The molecule has 3 nitrogen and oxygen atoms in total. The lowest BCUT2D eigenvalue weighted by Crippen LogP contribution is -2.34. The minimum Gasteiger partial charge on any atom is -0.396 e. The number of hydrogen-bond acceptors (Lipinski definition) is 2. The van der Waals surface area contributed by atoms with Crippen LogP contribution < -0.4 is 5.32 Å². The first-order valence-electron chi connectivity index (χ1n) is 6.20. The number of carbonyl (C=O) groups excluding carboxylic acids is 1. The van der Waals surface area contributed by atoms with Crippen LogP contribution in [-0.2, 0) is 0 Å². The number of benzene rings is 1. The number of amides is 1. The van der Waals surface area contributed by atoms with Crippen LogP contribution >= 0.6 is 23.2 Å². The Balaban J connectivity index is 2.62. The maximum Gasteiger partial charge on any atom is 0.252 e. The van der Waals surface area contributed by atoms with Gasteiger partial charge in [0, 0.05) is 18.2 Å². The second-order valence-electron chi connectivity index (χ2n) is 5.30. The van der Waals surface area contributed by atoms with Crippen molar-refractivity contribution >= 4 is 29.1 Å². The maximum absolute atomic E-state index is 12.0. The third-order valence-electron chi connectivity index (χ3n) is 2.91. The Morgan fingerprint density at radius 1 is 1.37 bits per heavy atom. The summed E-state index contributed by atoms with van der Waals surface area (Å²) in [5.41, 5.74) is 0.316. The van der Waals surface area contributed by atoms with Gasteiger partial charge in [-0.3, -0.25) is 4.79 Å². The summed E-state index contributed by atoms with van der Waals surface area (Å²) in [6.07, 6.45) is 1.56. The molecule has 0 aliphatic carbocycles. The van der Waals surface area contributed by atoms with E-state index in [1.54, 1.807) is 18.2 Å². The normalized spacial score (nSPS) is 11.4. The van der Waals surface area contributed by atoms with Crippen molar-refractivity contribution in [2.24, 2.45) is 5.41 Å². The predicted molar refractivity (Wildman–Crippen MR) is 78.9 cm³/mol. The first kappa shape index (κ1) is 16.3. The summed E-state index contributed by atoms with van der Waals surface area (Å²) in [5, 5.41) is 12.5. The fraction of sp³-hybridized carbons (Fsp3) is 0.500. The maximum atomic E-state index is 12.0. The molecule has 1 amide bonds. The summed E-state index contributed by atoms with van der Waals surface area (Å²) in [7, 11) is 0. The van der Waals surface area contributed by atoms with Gasteiger partial charge in [-0.25, -0.2) is 0 Å². The van der Waals surface area contributed by atoms with Gasteiger partial charge < -0.3 is 10.4 Å². The number of carbonyl (C=O) groups is 1. The van der Waals surface area contributed by atoms with E-state index in [1.807, 2.05) is 13.8 Å². The van der Waals surface area contributed by atoms with Crippen LogP contribution in [0.1, 0.15) is 37.0 Å². The minimum absolute atomic E-state index is 0.0660. The molecule has 19 heavy (non-hydrogen) atoms. The molecule has 0 heterocycles. The fourth-order valence-electron chi connectivity index (χ4n) is 1.73. The highest BCUT2D eigenvalue weighted by Crippen LogP contribution is 2.23. The first-order valence-corrected chi connectivity index (χ1v) is 6.95. The molecule has 1 rings (SSSR count). The standard InChI is InChI=1S/C14H19Cl2NO2/c1-14(2,6-3-7-18)9-17-13(19)11-8-10(15)4-5-12(11)16/h4-5,8,18H,3,6-7,9H2,1-2H3,(H,17,19). The zero-order chi connectivity index (χ0) is 14.5. The van der Waals surface area contributed by atoms with Crippen LogP contribution in [0.25, 0.3) is 0 Å². The highest BCUT2D eigenvalue weighted by Gasteiger charge is 2.19. The molecule has 0 radical (unpaired) electrons. The fourth-order valence-corrected chi connectivity index (χ4v) is 2.11. The third-order valence-corrected chi connectivity index (χ3v) is 3.48. The molecule has 0 aliphatic rings. The van der Waals surface area contributed by atoms with Gasteiger partial charge in [0.15, 0.2) is 0 Å². The van der Waals surface area contributed by atoms with Gasteiger partial charge in [0.05, 0.1) is 10.6 Å². The van der Waals surface area contributed by atoms with Crippen molar-refractivity contribution in [2.75, 3.05) is 13.2 Å². The lowest BCUT2D eigenvalue weighted by atomic mass is 9.88. The molecule has 1 aromatic rings. The Morgan fingerprint density at radius 3 is 2.68 bits per heavy atom. The highest BCUT2D eigenvalue weighted by atomic mass is 35.5. The summed E-state index contributed by atoms with van der Waals surface area (Å²) in [6.45, 7) is 4.78. The number of aliphatic hydroxyl groups is 1. The largest absolute Gasteiger partial charge is 0.396 e. The van der Waals surface area contributed by atoms with E-state index >= 15 is 0 Å². The summed E-state index contributed by atoms with van der Waals surface area (Å²) in [6, 6.07) is 4.81. The van der Waals surface area contributed by atoms with Gasteiger partial charge in [-0.15, -0.1) is 0 Å². The number of hydrogen-bond donors (Lipinski definition) is 2. The summed E-state index contributed by atoms with van der Waals surface area (Å²) >= 11 is 11.8. The number of aliphatic hydroxyl groups excluding tert-OH is 1. The second-order valence-corrected chi connectivity index (χ2v) is 6.14. The molecular formula is C14H19Cl2NO2. The van der Waals surface area contributed by atoms with Crippen molar-refractivity contribution in [3.63, 3.8) is 0 Å². The molecule has 0 spiro atoms. The zero-order valence-corrected chi connectivity index (χ0v) is 12.7. The quantitative estimate of drug-likeness (QED) is 0.845. The number of nitrogens with one attached hydrogen (secondary N) is 1. The van der Waals surface area contributed by atoms with Crippen molar-refractivity contribution in [2.45, 2.75) is 26.7 Å². The van der Waals surface area contributed by atoms with Crippen LogP contribution in [-0.4, -0.2) is 24.2 Å². The van der Waals surface area contributed by atoms with Gasteiger partial charge in [-0.2, -0.15) is 0 Å². The highest BCUT2D eigenvalue weighted by molar-refractivity contribution is 6.35. The Morgan fingerprint density at radius 2 is 2.05 bits per heavy atom. The van der Waals surface area contributed by atoms with Gasteiger partial charge in [-0.05, 0) is 36.5 Å². The van der Waals surface area contributed by atoms with Crippen molar-refractivity contribution in [3.05, 3.63) is 33.8 Å². The first-order chi connectivity index (χ1) is 8.85. The van der Waals surface area contributed by atoms with E-state index in [2.05, 4.69) is 5.32 Å². The van der Waals surface area contributed by atoms with Crippen LogP contribution in [0.2, 0.25) is 10.0 Å². The van der Waals surface area contributed by atoms with Crippen molar-refractivity contribution < 1.29 is 9.90 Å². The number of halogens is 2. The van der Waals surface area contributed by atoms with Crippen molar-refractivity contribution in [3.8, 4) is 0 Å². The molecule has 2 N–H and O–H groups in total. The van der Waals surface area contributed by atoms with E-state index in [-0.39, 0.29) is 17.9 Å². The van der Waals surface area contributed by atoms with Crippen LogP contribution in [0.4, 0.5) is 0 Å². The topological polar surface area (TPSA) is 49.3 Å². The van der Waals surface area contributed by atoms with E-state index in [1.165, 1.54) is 0 Å². The third kappa shape index (κ3) is 5.39. The Bertz CT molecular complexity index is 447. The van der Waals surface area contributed by atoms with Crippen LogP contribution in [0, 0.1) is 5.41 Å². The molecule has 0 aliphatic heterocycles. The molecule has 0 atom stereocenters. The van der Waals surface area contributed by atoms with Crippen molar-refractivity contribution in [1.82, 2.24) is 5.32 Å². The van der Waals surface area contributed by atoms with Gasteiger partial charge in [0.2, 0.25) is 0 Å². The predicted octanol–water partition coefficient (Wildman–Crippen LogP) is 3.52. The summed E-state index contributed by atoms with van der Waals surface area (Å²) < 4.78 is 0. The molecule has 0 saturated carbocycles.